The Kier molecular flexibility index (Phi) is 4.96. The van der Waals surface area contributed by atoms with E-state index in [1.807, 2.05) is 0 Å². The van der Waals surface area contributed by atoms with Crippen molar-refractivity contribution in [3.8, 4) is 11.1 Å². The van der Waals surface area contributed by atoms with E-state index >= 15 is 0 Å². The molecule has 0 saturated heterocycles. The summed E-state index contributed by atoms with van der Waals surface area (Å²) < 4.78 is 53.5. The van der Waals surface area contributed by atoms with Gasteiger partial charge in [0.05, 0.1) is 22.5 Å². The maximum atomic E-state index is 13.3. The summed E-state index contributed by atoms with van der Waals surface area (Å²) in [6.07, 6.45) is -3.16. The molecule has 0 aliphatic carbocycles. The molecular weight excluding hydrogens is 412 g/mol. The normalized spacial score (nSPS) is 11.7. The number of hydrogen-bond acceptors (Lipinski definition) is 3. The van der Waals surface area contributed by atoms with Crippen molar-refractivity contribution in [1.29, 1.82) is 0 Å². The maximum absolute atomic E-state index is 13.3. The van der Waals surface area contributed by atoms with E-state index in [0.29, 0.717) is 22.6 Å². The number of nitrogens with zero attached hydrogens (tertiary/aromatic N) is 3. The molecule has 9 heteroatoms. The van der Waals surface area contributed by atoms with Crippen LogP contribution in [-0.2, 0) is 6.18 Å². The molecule has 0 radical (unpaired) electrons. The van der Waals surface area contributed by atoms with E-state index in [1.54, 1.807) is 26.0 Å². The standard InChI is InChI=1S/C22H16F4N4O/c1-12-19(14-6-8-16(23)9-7-14)20-27-11-18(13(2)30(20)29-12)21(31)28-17-5-3-4-15(10-17)22(24,25)26/h3-11H,1-2H3,(H,28,31). The highest BCUT2D eigenvalue weighted by molar-refractivity contribution is 6.05. The van der Waals surface area contributed by atoms with Gasteiger partial charge in [0.1, 0.15) is 5.82 Å². The van der Waals surface area contributed by atoms with Crippen molar-refractivity contribution in [2.75, 3.05) is 5.32 Å². The zero-order chi connectivity index (χ0) is 22.3. The molecule has 2 aromatic carbocycles. The Labute approximate surface area is 174 Å². The third-order valence-corrected chi connectivity index (χ3v) is 4.88. The molecule has 4 rings (SSSR count). The zero-order valence-electron chi connectivity index (χ0n) is 16.5. The Hall–Kier alpha value is -3.75. The van der Waals surface area contributed by atoms with Crippen LogP contribution in [0.25, 0.3) is 16.8 Å². The van der Waals surface area contributed by atoms with Gasteiger partial charge in [-0.2, -0.15) is 18.3 Å². The molecule has 158 valence electrons. The summed E-state index contributed by atoms with van der Waals surface area (Å²) in [6.45, 7) is 3.44. The fourth-order valence-corrected chi connectivity index (χ4v) is 3.35. The minimum atomic E-state index is -4.51. The number of hydrogen-bond donors (Lipinski definition) is 1. The Morgan fingerprint density at radius 1 is 1.06 bits per heavy atom. The third-order valence-electron chi connectivity index (χ3n) is 4.88. The summed E-state index contributed by atoms with van der Waals surface area (Å²) in [5.41, 5.74) is 2.33. The average molecular weight is 428 g/mol. The van der Waals surface area contributed by atoms with Crippen LogP contribution in [0.1, 0.15) is 27.3 Å². The van der Waals surface area contributed by atoms with Crippen LogP contribution in [0.4, 0.5) is 23.2 Å². The molecule has 0 fully saturated rings. The molecule has 0 bridgehead atoms. The number of anilines is 1. The Morgan fingerprint density at radius 3 is 2.45 bits per heavy atom. The monoisotopic (exact) mass is 428 g/mol. The molecule has 0 spiro atoms. The minimum Gasteiger partial charge on any atom is -0.322 e. The van der Waals surface area contributed by atoms with Crippen molar-refractivity contribution in [3.05, 3.63) is 83.1 Å². The predicted octanol–water partition coefficient (Wildman–Crippen LogP) is 5.42. The molecule has 1 amide bonds. The van der Waals surface area contributed by atoms with Crippen LogP contribution in [0.5, 0.6) is 0 Å². The van der Waals surface area contributed by atoms with Crippen molar-refractivity contribution >= 4 is 17.2 Å². The summed E-state index contributed by atoms with van der Waals surface area (Å²) >= 11 is 0. The van der Waals surface area contributed by atoms with Crippen molar-refractivity contribution in [1.82, 2.24) is 14.6 Å². The predicted molar refractivity (Wildman–Crippen MR) is 107 cm³/mol. The van der Waals surface area contributed by atoms with Gasteiger partial charge >= 0.3 is 6.18 Å². The highest BCUT2D eigenvalue weighted by Gasteiger charge is 2.30. The maximum Gasteiger partial charge on any atom is 0.416 e. The second-order valence-corrected chi connectivity index (χ2v) is 6.99. The quantitative estimate of drug-likeness (QED) is 0.443. The average Bonchev–Trinajstić information content (AvgIpc) is 3.05. The molecule has 0 aliphatic heterocycles. The first-order valence-corrected chi connectivity index (χ1v) is 9.24. The molecule has 0 atom stereocenters. The Bertz CT molecular complexity index is 1290. The van der Waals surface area contributed by atoms with E-state index < -0.39 is 17.6 Å². The van der Waals surface area contributed by atoms with Gasteiger partial charge in [0.25, 0.3) is 5.91 Å². The van der Waals surface area contributed by atoms with Gasteiger partial charge in [-0.25, -0.2) is 13.9 Å². The number of aryl methyl sites for hydroxylation is 2. The van der Waals surface area contributed by atoms with Gasteiger partial charge in [0.15, 0.2) is 5.65 Å². The van der Waals surface area contributed by atoms with Crippen LogP contribution in [0, 0.1) is 19.7 Å². The van der Waals surface area contributed by atoms with Gasteiger partial charge < -0.3 is 5.32 Å². The summed E-state index contributed by atoms with van der Waals surface area (Å²) in [5, 5.41) is 6.91. The smallest absolute Gasteiger partial charge is 0.322 e. The molecule has 1 N–H and O–H groups in total. The molecule has 2 aromatic heterocycles. The summed E-state index contributed by atoms with van der Waals surface area (Å²) in [5.74, 6) is -0.974. The second kappa shape index (κ2) is 7.50. The van der Waals surface area contributed by atoms with Crippen LogP contribution in [-0.4, -0.2) is 20.5 Å². The minimum absolute atomic E-state index is 0.0166. The first-order valence-electron chi connectivity index (χ1n) is 9.24. The van der Waals surface area contributed by atoms with E-state index in [4.69, 9.17) is 0 Å². The summed E-state index contributed by atoms with van der Waals surface area (Å²) in [7, 11) is 0. The topological polar surface area (TPSA) is 59.3 Å². The lowest BCUT2D eigenvalue weighted by atomic mass is 10.1. The largest absolute Gasteiger partial charge is 0.416 e. The van der Waals surface area contributed by atoms with Gasteiger partial charge in [0.2, 0.25) is 0 Å². The number of carbonyl (C=O) groups is 1. The number of aromatic nitrogens is 3. The van der Waals surface area contributed by atoms with Crippen LogP contribution < -0.4 is 5.32 Å². The highest BCUT2D eigenvalue weighted by atomic mass is 19.4. The lowest BCUT2D eigenvalue weighted by molar-refractivity contribution is -0.137. The van der Waals surface area contributed by atoms with Gasteiger partial charge in [-0.3, -0.25) is 4.79 Å². The van der Waals surface area contributed by atoms with Gasteiger partial charge in [-0.15, -0.1) is 0 Å². The third kappa shape index (κ3) is 3.86. The second-order valence-electron chi connectivity index (χ2n) is 6.99. The van der Waals surface area contributed by atoms with E-state index in [9.17, 15) is 22.4 Å². The highest BCUT2D eigenvalue weighted by Crippen LogP contribution is 2.31. The molecule has 31 heavy (non-hydrogen) atoms. The summed E-state index contributed by atoms with van der Waals surface area (Å²) in [6, 6.07) is 10.3. The number of nitrogens with one attached hydrogen (secondary N) is 1. The van der Waals surface area contributed by atoms with Crippen molar-refractivity contribution in [2.24, 2.45) is 0 Å². The number of rotatable bonds is 3. The number of benzene rings is 2. The van der Waals surface area contributed by atoms with Crippen LogP contribution in [0.15, 0.2) is 54.7 Å². The number of amides is 1. The van der Waals surface area contributed by atoms with Crippen LogP contribution >= 0.6 is 0 Å². The van der Waals surface area contributed by atoms with Gasteiger partial charge in [-0.1, -0.05) is 18.2 Å². The van der Waals surface area contributed by atoms with Crippen molar-refractivity contribution < 1.29 is 22.4 Å². The molecule has 0 unspecified atom stereocenters. The van der Waals surface area contributed by atoms with Crippen LogP contribution in [0.3, 0.4) is 0 Å². The number of fused-ring (bicyclic) bond motifs is 1. The number of halogens is 4. The fourth-order valence-electron chi connectivity index (χ4n) is 3.35. The molecule has 0 saturated carbocycles. The zero-order valence-corrected chi connectivity index (χ0v) is 16.5. The van der Waals surface area contributed by atoms with E-state index in [2.05, 4.69) is 15.4 Å². The molecule has 5 nitrogen and oxygen atoms in total. The Morgan fingerprint density at radius 2 is 1.77 bits per heavy atom. The molecule has 4 aromatic rings. The van der Waals surface area contributed by atoms with Crippen LogP contribution in [0.2, 0.25) is 0 Å². The van der Waals surface area contributed by atoms with Crippen molar-refractivity contribution in [3.63, 3.8) is 0 Å². The molecule has 2 heterocycles. The first kappa shape index (κ1) is 20.5. The fraction of sp³-hybridized carbons (Fsp3) is 0.136. The first-order chi connectivity index (χ1) is 14.6. The SMILES string of the molecule is Cc1nn2c(C)c(C(=O)Nc3cccc(C(F)(F)F)c3)cnc2c1-c1ccc(F)cc1. The lowest BCUT2D eigenvalue weighted by Gasteiger charge is -2.11. The van der Waals surface area contributed by atoms with Crippen molar-refractivity contribution in [2.45, 2.75) is 20.0 Å². The number of carbonyl (C=O) groups excluding carboxylic acids is 1. The van der Waals surface area contributed by atoms with Gasteiger partial charge in [-0.05, 0) is 49.7 Å². The van der Waals surface area contributed by atoms with E-state index in [0.717, 1.165) is 17.7 Å². The summed E-state index contributed by atoms with van der Waals surface area (Å²) in [4.78, 5) is 17.1. The number of alkyl halides is 3. The molecular formula is C22H16F4N4O. The molecule has 0 aliphatic rings. The lowest BCUT2D eigenvalue weighted by Crippen LogP contribution is -2.16. The van der Waals surface area contributed by atoms with Gasteiger partial charge in [0, 0.05) is 17.4 Å². The Balaban J connectivity index is 1.70. The van der Waals surface area contributed by atoms with E-state index in [-0.39, 0.29) is 17.1 Å². The van der Waals surface area contributed by atoms with E-state index in [1.165, 1.54) is 35.0 Å².